The van der Waals surface area contributed by atoms with Gasteiger partial charge in [-0.15, -0.1) is 0 Å². The van der Waals surface area contributed by atoms with E-state index in [1.54, 1.807) is 21.3 Å². The lowest BCUT2D eigenvalue weighted by atomic mass is 10.3. The molecule has 0 bridgehead atoms. The molecule has 0 unspecified atom stereocenters. The van der Waals surface area contributed by atoms with E-state index in [-0.39, 0.29) is 7.92 Å². The molecule has 0 aliphatic rings. The Bertz CT molecular complexity index is 312. The van der Waals surface area contributed by atoms with Crippen LogP contribution in [0.2, 0.25) is 0 Å². The zero-order valence-corrected chi connectivity index (χ0v) is 10.7. The molecule has 84 valence electrons. The second-order valence-electron chi connectivity index (χ2n) is 3.27. The Morgan fingerprint density at radius 1 is 0.867 bits per heavy atom. The van der Waals surface area contributed by atoms with Crippen molar-refractivity contribution in [3.05, 3.63) is 12.1 Å². The fourth-order valence-electron chi connectivity index (χ4n) is 1.43. The Kier molecular flexibility index (Phi) is 4.22. The van der Waals surface area contributed by atoms with Crippen LogP contribution in [-0.4, -0.2) is 34.7 Å². The fraction of sp³-hybridized carbons (Fsp3) is 0.455. The smallest absolute Gasteiger partial charge is 0.133 e. The van der Waals surface area contributed by atoms with Gasteiger partial charge in [0.15, 0.2) is 0 Å². The number of hydrogen-bond acceptors (Lipinski definition) is 3. The molecule has 0 saturated heterocycles. The van der Waals surface area contributed by atoms with Gasteiger partial charge in [-0.1, -0.05) is 7.92 Å². The van der Waals surface area contributed by atoms with Gasteiger partial charge in [0, 0.05) is 12.1 Å². The highest BCUT2D eigenvalue weighted by atomic mass is 31.1. The lowest BCUT2D eigenvalue weighted by molar-refractivity contribution is 0.380. The topological polar surface area (TPSA) is 27.7 Å². The Labute approximate surface area is 92.1 Å². The summed E-state index contributed by atoms with van der Waals surface area (Å²) < 4.78 is 15.9. The van der Waals surface area contributed by atoms with Gasteiger partial charge in [0.1, 0.15) is 17.2 Å². The molecule has 0 aromatic heterocycles. The minimum atomic E-state index is -0.272. The van der Waals surface area contributed by atoms with E-state index in [2.05, 4.69) is 13.3 Å². The number of methoxy groups -OCH3 is 3. The van der Waals surface area contributed by atoms with E-state index < -0.39 is 0 Å². The molecule has 1 aromatic carbocycles. The average molecular weight is 228 g/mol. The Morgan fingerprint density at radius 3 is 1.60 bits per heavy atom. The summed E-state index contributed by atoms with van der Waals surface area (Å²) in [5.41, 5.74) is 0. The molecule has 3 nitrogen and oxygen atoms in total. The third-order valence-corrected chi connectivity index (χ3v) is 3.47. The van der Waals surface area contributed by atoms with Crippen molar-refractivity contribution >= 4 is 13.2 Å². The number of ether oxygens (including phenoxy) is 3. The van der Waals surface area contributed by atoms with Crippen LogP contribution in [0.5, 0.6) is 17.2 Å². The molecule has 0 aliphatic heterocycles. The predicted molar refractivity (Wildman–Crippen MR) is 64.5 cm³/mol. The number of hydrogen-bond donors (Lipinski definition) is 0. The van der Waals surface area contributed by atoms with Crippen molar-refractivity contribution in [2.75, 3.05) is 34.7 Å². The highest BCUT2D eigenvalue weighted by molar-refractivity contribution is 7.64. The Balaban J connectivity index is 3.32. The van der Waals surface area contributed by atoms with Crippen molar-refractivity contribution in [2.45, 2.75) is 0 Å². The van der Waals surface area contributed by atoms with Gasteiger partial charge in [-0.05, 0) is 13.3 Å². The van der Waals surface area contributed by atoms with E-state index in [0.29, 0.717) is 0 Å². The van der Waals surface area contributed by atoms with Crippen molar-refractivity contribution in [2.24, 2.45) is 0 Å². The molecule has 0 amide bonds. The van der Waals surface area contributed by atoms with Crippen molar-refractivity contribution in [3.63, 3.8) is 0 Å². The molecule has 0 fully saturated rings. The van der Waals surface area contributed by atoms with Gasteiger partial charge in [-0.2, -0.15) is 0 Å². The van der Waals surface area contributed by atoms with Crippen LogP contribution in [0.1, 0.15) is 0 Å². The monoisotopic (exact) mass is 228 g/mol. The summed E-state index contributed by atoms with van der Waals surface area (Å²) in [4.78, 5) is 0. The van der Waals surface area contributed by atoms with E-state index in [1.807, 2.05) is 12.1 Å². The molecule has 1 rings (SSSR count). The standard InChI is InChI=1S/C11H17O3P/c1-12-8-6-9(13-2)11(15(4)5)10(7-8)14-3/h6-7H,1-5H3. The normalized spacial score (nSPS) is 10.3. The highest BCUT2D eigenvalue weighted by Crippen LogP contribution is 2.37. The van der Waals surface area contributed by atoms with Crippen LogP contribution in [0, 0.1) is 0 Å². The molecule has 0 N–H and O–H groups in total. The average Bonchev–Trinajstić information content (AvgIpc) is 2.26. The van der Waals surface area contributed by atoms with E-state index >= 15 is 0 Å². The fourth-order valence-corrected chi connectivity index (χ4v) is 2.62. The van der Waals surface area contributed by atoms with Gasteiger partial charge in [0.05, 0.1) is 26.6 Å². The van der Waals surface area contributed by atoms with Crippen LogP contribution >= 0.6 is 7.92 Å². The quantitative estimate of drug-likeness (QED) is 0.738. The molecule has 4 heteroatoms. The minimum absolute atomic E-state index is 0.272. The molecule has 0 spiro atoms. The van der Waals surface area contributed by atoms with E-state index in [0.717, 1.165) is 22.6 Å². The maximum absolute atomic E-state index is 5.35. The van der Waals surface area contributed by atoms with Crippen molar-refractivity contribution in [3.8, 4) is 17.2 Å². The molecule has 15 heavy (non-hydrogen) atoms. The van der Waals surface area contributed by atoms with Crippen molar-refractivity contribution in [1.82, 2.24) is 0 Å². The zero-order chi connectivity index (χ0) is 11.4. The highest BCUT2D eigenvalue weighted by Gasteiger charge is 2.15. The SMILES string of the molecule is COc1cc(OC)c(P(C)C)c(OC)c1. The largest absolute Gasteiger partial charge is 0.496 e. The second kappa shape index (κ2) is 5.22. The molecular formula is C11H17O3P. The van der Waals surface area contributed by atoms with Gasteiger partial charge in [0.25, 0.3) is 0 Å². The van der Waals surface area contributed by atoms with Gasteiger partial charge in [-0.3, -0.25) is 0 Å². The van der Waals surface area contributed by atoms with Gasteiger partial charge in [0.2, 0.25) is 0 Å². The van der Waals surface area contributed by atoms with Gasteiger partial charge in [-0.25, -0.2) is 0 Å². The third-order valence-electron chi connectivity index (χ3n) is 2.14. The number of benzene rings is 1. The maximum atomic E-state index is 5.35. The lowest BCUT2D eigenvalue weighted by Crippen LogP contribution is -2.09. The Morgan fingerprint density at radius 2 is 1.33 bits per heavy atom. The van der Waals surface area contributed by atoms with E-state index in [1.165, 1.54) is 0 Å². The third kappa shape index (κ3) is 2.54. The van der Waals surface area contributed by atoms with Crippen molar-refractivity contribution in [1.29, 1.82) is 0 Å². The van der Waals surface area contributed by atoms with Crippen LogP contribution in [-0.2, 0) is 0 Å². The molecule has 0 heterocycles. The molecule has 0 radical (unpaired) electrons. The molecule has 1 aromatic rings. The maximum Gasteiger partial charge on any atom is 0.133 e. The van der Waals surface area contributed by atoms with Crippen LogP contribution in [0.3, 0.4) is 0 Å². The first-order valence-electron chi connectivity index (χ1n) is 4.61. The second-order valence-corrected chi connectivity index (χ2v) is 5.51. The summed E-state index contributed by atoms with van der Waals surface area (Å²) >= 11 is 0. The zero-order valence-electron chi connectivity index (χ0n) is 9.83. The van der Waals surface area contributed by atoms with Crippen LogP contribution in [0.4, 0.5) is 0 Å². The van der Waals surface area contributed by atoms with E-state index in [4.69, 9.17) is 14.2 Å². The predicted octanol–water partition coefficient (Wildman–Crippen LogP) is 2.08. The van der Waals surface area contributed by atoms with E-state index in [9.17, 15) is 0 Å². The van der Waals surface area contributed by atoms with Crippen LogP contribution < -0.4 is 19.5 Å². The minimum Gasteiger partial charge on any atom is -0.496 e. The Hall–Kier alpha value is -0.950. The summed E-state index contributed by atoms with van der Waals surface area (Å²) in [6.07, 6.45) is 0. The molecular weight excluding hydrogens is 211 g/mol. The molecule has 0 saturated carbocycles. The summed E-state index contributed by atoms with van der Waals surface area (Å²) in [6, 6.07) is 3.78. The number of rotatable bonds is 4. The lowest BCUT2D eigenvalue weighted by Gasteiger charge is -2.17. The first kappa shape index (κ1) is 12.1. The van der Waals surface area contributed by atoms with Crippen LogP contribution in [0.25, 0.3) is 0 Å². The molecule has 0 atom stereocenters. The summed E-state index contributed by atoms with van der Waals surface area (Å²) in [6.45, 7) is 4.34. The first-order valence-corrected chi connectivity index (χ1v) is 6.85. The summed E-state index contributed by atoms with van der Waals surface area (Å²) in [5, 5.41) is 1.14. The summed E-state index contributed by atoms with van der Waals surface area (Å²) in [5.74, 6) is 2.42. The first-order chi connectivity index (χ1) is 7.13. The van der Waals surface area contributed by atoms with Crippen LogP contribution in [0.15, 0.2) is 12.1 Å². The summed E-state index contributed by atoms with van der Waals surface area (Å²) in [7, 11) is 4.69. The van der Waals surface area contributed by atoms with Crippen molar-refractivity contribution < 1.29 is 14.2 Å². The molecule has 0 aliphatic carbocycles. The van der Waals surface area contributed by atoms with Gasteiger partial charge < -0.3 is 14.2 Å². The van der Waals surface area contributed by atoms with Gasteiger partial charge >= 0.3 is 0 Å².